The number of sulfonamides is 1. The molecule has 0 saturated carbocycles. The summed E-state index contributed by atoms with van der Waals surface area (Å²) < 4.78 is 43.8. The quantitative estimate of drug-likeness (QED) is 0.740. The van der Waals surface area contributed by atoms with Crippen LogP contribution in [0.1, 0.15) is 19.8 Å². The van der Waals surface area contributed by atoms with Crippen LogP contribution in [0.5, 0.6) is 5.75 Å². The molecule has 6 nitrogen and oxygen atoms in total. The van der Waals surface area contributed by atoms with Crippen LogP contribution < -0.4 is 4.74 Å². The molecule has 0 aromatic heterocycles. The fourth-order valence-electron chi connectivity index (χ4n) is 2.44. The van der Waals surface area contributed by atoms with Crippen LogP contribution in [0.25, 0.3) is 0 Å². The molecule has 1 fully saturated rings. The van der Waals surface area contributed by atoms with Gasteiger partial charge in [0.05, 0.1) is 5.75 Å². The highest BCUT2D eigenvalue weighted by Crippen LogP contribution is 2.13. The molecule has 0 N–H and O–H groups in total. The second-order valence-corrected chi connectivity index (χ2v) is 7.78. The molecule has 0 atom stereocenters. The van der Waals surface area contributed by atoms with Crippen LogP contribution in [0.2, 0.25) is 0 Å². The SMILES string of the molecule is CCCCS(=O)(=O)N1CCN(C(=O)COc2ccc(F)cc2)CC1. The summed E-state index contributed by atoms with van der Waals surface area (Å²) in [4.78, 5) is 13.7. The maximum atomic E-state index is 12.8. The van der Waals surface area contributed by atoms with Gasteiger partial charge >= 0.3 is 0 Å². The van der Waals surface area contributed by atoms with Crippen molar-refractivity contribution in [3.63, 3.8) is 0 Å². The molecule has 2 rings (SSSR count). The number of hydrogen-bond donors (Lipinski definition) is 0. The monoisotopic (exact) mass is 358 g/mol. The summed E-state index contributed by atoms with van der Waals surface area (Å²) in [7, 11) is -3.23. The predicted octanol–water partition coefficient (Wildman–Crippen LogP) is 1.48. The highest BCUT2D eigenvalue weighted by molar-refractivity contribution is 7.89. The summed E-state index contributed by atoms with van der Waals surface area (Å²) in [6.07, 6.45) is 1.48. The maximum Gasteiger partial charge on any atom is 0.260 e. The first-order chi connectivity index (χ1) is 11.4. The average molecular weight is 358 g/mol. The van der Waals surface area contributed by atoms with Gasteiger partial charge in [0.2, 0.25) is 10.0 Å². The summed E-state index contributed by atoms with van der Waals surface area (Å²) in [6.45, 7) is 3.15. The standard InChI is InChI=1S/C16H23FN2O4S/c1-2-3-12-24(21,22)19-10-8-18(9-11-19)16(20)13-23-15-6-4-14(17)5-7-15/h4-7H,2-3,8-13H2,1H3. The van der Waals surface area contributed by atoms with Crippen molar-refractivity contribution in [2.24, 2.45) is 0 Å². The number of hydrogen-bond acceptors (Lipinski definition) is 4. The number of carbonyl (C=O) groups is 1. The van der Waals surface area contributed by atoms with E-state index in [4.69, 9.17) is 4.74 Å². The second kappa shape index (κ2) is 8.43. The van der Waals surface area contributed by atoms with Gasteiger partial charge in [-0.2, -0.15) is 4.31 Å². The third-order valence-corrected chi connectivity index (χ3v) is 5.87. The molecule has 0 bridgehead atoms. The molecular formula is C16H23FN2O4S. The predicted molar refractivity (Wildman–Crippen MR) is 88.7 cm³/mol. The molecule has 8 heteroatoms. The summed E-state index contributed by atoms with van der Waals surface area (Å²) in [5.74, 6) is 0.00929. The fraction of sp³-hybridized carbons (Fsp3) is 0.562. The fourth-order valence-corrected chi connectivity index (χ4v) is 4.07. The lowest BCUT2D eigenvalue weighted by atomic mass is 10.3. The van der Waals surface area contributed by atoms with Gasteiger partial charge in [0.25, 0.3) is 5.91 Å². The summed E-state index contributed by atoms with van der Waals surface area (Å²) in [5.41, 5.74) is 0. The molecule has 0 aliphatic carbocycles. The van der Waals surface area contributed by atoms with E-state index >= 15 is 0 Å². The van der Waals surface area contributed by atoms with Crippen molar-refractivity contribution >= 4 is 15.9 Å². The first-order valence-corrected chi connectivity index (χ1v) is 9.67. The number of amides is 1. The van der Waals surface area contributed by atoms with E-state index in [1.165, 1.54) is 28.6 Å². The van der Waals surface area contributed by atoms with Crippen LogP contribution in [0.15, 0.2) is 24.3 Å². The first kappa shape index (κ1) is 18.7. The van der Waals surface area contributed by atoms with Gasteiger partial charge < -0.3 is 9.64 Å². The number of unbranched alkanes of at least 4 members (excludes halogenated alkanes) is 1. The van der Waals surface area contributed by atoms with Gasteiger partial charge in [-0.1, -0.05) is 13.3 Å². The van der Waals surface area contributed by atoms with E-state index < -0.39 is 10.0 Å². The molecule has 1 aromatic carbocycles. The van der Waals surface area contributed by atoms with Crippen LogP contribution in [-0.2, 0) is 14.8 Å². The Morgan fingerprint density at radius 3 is 2.38 bits per heavy atom. The summed E-state index contributed by atoms with van der Waals surface area (Å²) in [5, 5.41) is 0. The van der Waals surface area contributed by atoms with E-state index in [2.05, 4.69) is 0 Å². The molecule has 1 saturated heterocycles. The molecule has 24 heavy (non-hydrogen) atoms. The zero-order valence-corrected chi connectivity index (χ0v) is 14.6. The normalized spacial score (nSPS) is 16.2. The van der Waals surface area contributed by atoms with E-state index in [1.807, 2.05) is 6.92 Å². The lowest BCUT2D eigenvalue weighted by Gasteiger charge is -2.34. The van der Waals surface area contributed by atoms with Crippen molar-refractivity contribution in [3.05, 3.63) is 30.1 Å². The highest BCUT2D eigenvalue weighted by atomic mass is 32.2. The lowest BCUT2D eigenvalue weighted by Crippen LogP contribution is -2.52. The van der Waals surface area contributed by atoms with Crippen molar-refractivity contribution in [2.75, 3.05) is 38.5 Å². The van der Waals surface area contributed by atoms with Crippen LogP contribution in [0.3, 0.4) is 0 Å². The van der Waals surface area contributed by atoms with Gasteiger partial charge in [0.1, 0.15) is 11.6 Å². The maximum absolute atomic E-state index is 12.8. The van der Waals surface area contributed by atoms with Gasteiger partial charge in [-0.3, -0.25) is 4.79 Å². The Balaban J connectivity index is 1.79. The van der Waals surface area contributed by atoms with Gasteiger partial charge in [-0.05, 0) is 30.7 Å². The Kier molecular flexibility index (Phi) is 6.56. The number of ether oxygens (including phenoxy) is 1. The number of carbonyl (C=O) groups excluding carboxylic acids is 1. The minimum Gasteiger partial charge on any atom is -0.484 e. The lowest BCUT2D eigenvalue weighted by molar-refractivity contribution is -0.134. The second-order valence-electron chi connectivity index (χ2n) is 5.69. The Bertz CT molecular complexity index is 641. The molecule has 134 valence electrons. The smallest absolute Gasteiger partial charge is 0.260 e. The number of benzene rings is 1. The molecule has 1 aliphatic heterocycles. The van der Waals surface area contributed by atoms with E-state index in [1.54, 1.807) is 4.90 Å². The van der Waals surface area contributed by atoms with E-state index in [0.717, 1.165) is 6.42 Å². The van der Waals surface area contributed by atoms with Crippen LogP contribution in [-0.4, -0.2) is 62.1 Å². The zero-order valence-electron chi connectivity index (χ0n) is 13.8. The number of halogens is 1. The molecule has 1 aliphatic rings. The molecule has 1 amide bonds. The van der Waals surface area contributed by atoms with Crippen LogP contribution >= 0.6 is 0 Å². The molecule has 1 heterocycles. The molecule has 1 aromatic rings. The minimum absolute atomic E-state index is 0.145. The van der Waals surface area contributed by atoms with E-state index in [9.17, 15) is 17.6 Å². The van der Waals surface area contributed by atoms with Crippen molar-refractivity contribution < 1.29 is 22.3 Å². The van der Waals surface area contributed by atoms with Crippen molar-refractivity contribution in [2.45, 2.75) is 19.8 Å². The van der Waals surface area contributed by atoms with E-state index in [-0.39, 0.29) is 24.1 Å². The van der Waals surface area contributed by atoms with Crippen molar-refractivity contribution in [3.8, 4) is 5.75 Å². The van der Waals surface area contributed by atoms with Crippen molar-refractivity contribution in [1.29, 1.82) is 0 Å². The van der Waals surface area contributed by atoms with Crippen molar-refractivity contribution in [1.82, 2.24) is 9.21 Å². The highest BCUT2D eigenvalue weighted by Gasteiger charge is 2.28. The van der Waals surface area contributed by atoms with Crippen LogP contribution in [0, 0.1) is 5.82 Å². The molecule has 0 unspecified atom stereocenters. The van der Waals surface area contributed by atoms with Gasteiger partial charge in [0.15, 0.2) is 6.61 Å². The largest absolute Gasteiger partial charge is 0.484 e. The first-order valence-electron chi connectivity index (χ1n) is 8.06. The summed E-state index contributed by atoms with van der Waals surface area (Å²) >= 11 is 0. The third-order valence-electron chi connectivity index (χ3n) is 3.92. The molecule has 0 spiro atoms. The van der Waals surface area contributed by atoms with Gasteiger partial charge in [-0.25, -0.2) is 12.8 Å². The number of nitrogens with zero attached hydrogens (tertiary/aromatic N) is 2. The Morgan fingerprint density at radius 1 is 1.17 bits per heavy atom. The van der Waals surface area contributed by atoms with E-state index in [0.29, 0.717) is 38.3 Å². The van der Waals surface area contributed by atoms with Gasteiger partial charge in [-0.15, -0.1) is 0 Å². The Morgan fingerprint density at radius 2 is 1.79 bits per heavy atom. The molecular weight excluding hydrogens is 335 g/mol. The van der Waals surface area contributed by atoms with Gasteiger partial charge in [0, 0.05) is 26.2 Å². The Labute approximate surface area is 142 Å². The Hall–Kier alpha value is -1.67. The average Bonchev–Trinajstić information content (AvgIpc) is 2.59. The minimum atomic E-state index is -3.23. The topological polar surface area (TPSA) is 66.9 Å². The zero-order chi connectivity index (χ0) is 17.6. The summed E-state index contributed by atoms with van der Waals surface area (Å²) in [6, 6.07) is 5.45. The number of piperazine rings is 1. The third kappa shape index (κ3) is 5.17. The molecule has 0 radical (unpaired) electrons. The van der Waals surface area contributed by atoms with Crippen LogP contribution in [0.4, 0.5) is 4.39 Å². The number of rotatable bonds is 7.